The Morgan fingerprint density at radius 1 is 1.11 bits per heavy atom. The Kier molecular flexibility index (Phi) is 10.7. The minimum atomic E-state index is -3.89. The Labute approximate surface area is 217 Å². The lowest BCUT2D eigenvalue weighted by atomic mass is 10.1. The van der Waals surface area contributed by atoms with Crippen molar-refractivity contribution in [1.82, 2.24) is 10.2 Å². The number of hydrogen-bond acceptors (Lipinski definition) is 5. The number of rotatable bonds is 12. The molecule has 0 spiro atoms. The van der Waals surface area contributed by atoms with Gasteiger partial charge in [-0.05, 0) is 48.7 Å². The van der Waals surface area contributed by atoms with Gasteiger partial charge < -0.3 is 15.0 Å². The van der Waals surface area contributed by atoms with Crippen LogP contribution >= 0.6 is 23.2 Å². The molecule has 0 aliphatic carbocycles. The van der Waals surface area contributed by atoms with Crippen LogP contribution in [-0.2, 0) is 26.2 Å². The van der Waals surface area contributed by atoms with Crippen molar-refractivity contribution in [3.8, 4) is 5.75 Å². The van der Waals surface area contributed by atoms with E-state index in [-0.39, 0.29) is 23.2 Å². The molecule has 35 heavy (non-hydrogen) atoms. The fraction of sp³-hybridized carbons (Fsp3) is 0.417. The fourth-order valence-corrected chi connectivity index (χ4v) is 4.95. The standard InChI is InChI=1S/C24H31Cl2N3O5S/c1-5-12-27-24(31)21(6-2)28(15-17-8-7-9-19(13-17)34-3)23(30)16-29(35(4,32)33)22-11-10-18(25)14-20(22)26/h7-11,13-14,21H,5-6,12,15-16H2,1-4H3,(H,27,31)/t21-/m0/s1. The van der Waals surface area contributed by atoms with Gasteiger partial charge in [0, 0.05) is 18.1 Å². The summed E-state index contributed by atoms with van der Waals surface area (Å²) < 4.78 is 31.5. The number of methoxy groups -OCH3 is 1. The molecule has 1 atom stereocenters. The van der Waals surface area contributed by atoms with E-state index < -0.39 is 28.5 Å². The van der Waals surface area contributed by atoms with Crippen molar-refractivity contribution in [2.75, 3.05) is 30.8 Å². The minimum Gasteiger partial charge on any atom is -0.497 e. The summed E-state index contributed by atoms with van der Waals surface area (Å²) in [5, 5.41) is 3.25. The molecule has 2 aromatic rings. The molecule has 2 rings (SSSR count). The molecular weight excluding hydrogens is 513 g/mol. The summed E-state index contributed by atoms with van der Waals surface area (Å²) in [4.78, 5) is 28.0. The van der Waals surface area contributed by atoms with Crippen molar-refractivity contribution in [1.29, 1.82) is 0 Å². The zero-order valence-electron chi connectivity index (χ0n) is 20.3. The third-order valence-electron chi connectivity index (χ3n) is 5.28. The van der Waals surface area contributed by atoms with Crippen LogP contribution in [0.15, 0.2) is 42.5 Å². The van der Waals surface area contributed by atoms with Crippen LogP contribution in [0.25, 0.3) is 0 Å². The number of ether oxygens (including phenoxy) is 1. The molecule has 0 saturated carbocycles. The molecule has 8 nitrogen and oxygen atoms in total. The molecule has 0 bridgehead atoms. The smallest absolute Gasteiger partial charge is 0.244 e. The van der Waals surface area contributed by atoms with Gasteiger partial charge in [-0.1, -0.05) is 49.2 Å². The van der Waals surface area contributed by atoms with E-state index in [9.17, 15) is 18.0 Å². The van der Waals surface area contributed by atoms with E-state index in [4.69, 9.17) is 27.9 Å². The van der Waals surface area contributed by atoms with Gasteiger partial charge in [0.05, 0.1) is 24.1 Å². The van der Waals surface area contributed by atoms with E-state index in [1.165, 1.54) is 30.2 Å². The molecule has 0 fully saturated rings. The summed E-state index contributed by atoms with van der Waals surface area (Å²) in [6, 6.07) is 10.7. The predicted molar refractivity (Wildman–Crippen MR) is 140 cm³/mol. The van der Waals surface area contributed by atoms with Crippen LogP contribution in [0.2, 0.25) is 10.0 Å². The lowest BCUT2D eigenvalue weighted by Crippen LogP contribution is -2.52. The number of halogens is 2. The Morgan fingerprint density at radius 3 is 2.40 bits per heavy atom. The fourth-order valence-electron chi connectivity index (χ4n) is 3.53. The normalized spacial score (nSPS) is 12.1. The topological polar surface area (TPSA) is 96.0 Å². The van der Waals surface area contributed by atoms with Gasteiger partial charge >= 0.3 is 0 Å². The molecule has 2 aromatic carbocycles. The number of sulfonamides is 1. The first-order valence-electron chi connectivity index (χ1n) is 11.1. The summed E-state index contributed by atoms with van der Waals surface area (Å²) in [5.41, 5.74) is 0.853. The number of carbonyl (C=O) groups excluding carboxylic acids is 2. The zero-order valence-corrected chi connectivity index (χ0v) is 22.6. The van der Waals surface area contributed by atoms with Gasteiger partial charge in [0.25, 0.3) is 0 Å². The van der Waals surface area contributed by atoms with Crippen LogP contribution in [0, 0.1) is 0 Å². The average Bonchev–Trinajstić information content (AvgIpc) is 2.80. The third kappa shape index (κ3) is 8.02. The highest BCUT2D eigenvalue weighted by atomic mass is 35.5. The van der Waals surface area contributed by atoms with Crippen molar-refractivity contribution in [3.63, 3.8) is 0 Å². The molecule has 0 saturated heterocycles. The lowest BCUT2D eigenvalue weighted by molar-refractivity contribution is -0.140. The maximum absolute atomic E-state index is 13.6. The predicted octanol–water partition coefficient (Wildman–Crippen LogP) is 4.10. The van der Waals surface area contributed by atoms with Crippen LogP contribution < -0.4 is 14.4 Å². The Morgan fingerprint density at radius 2 is 1.83 bits per heavy atom. The molecule has 2 amide bonds. The molecule has 0 radical (unpaired) electrons. The molecule has 0 aliphatic heterocycles. The highest BCUT2D eigenvalue weighted by Crippen LogP contribution is 2.30. The van der Waals surface area contributed by atoms with Crippen LogP contribution in [0.5, 0.6) is 5.75 Å². The second kappa shape index (κ2) is 13.0. The van der Waals surface area contributed by atoms with Crippen LogP contribution in [0.3, 0.4) is 0 Å². The first kappa shape index (κ1) is 28.7. The highest BCUT2D eigenvalue weighted by molar-refractivity contribution is 7.92. The number of carbonyl (C=O) groups is 2. The van der Waals surface area contributed by atoms with Crippen molar-refractivity contribution < 1.29 is 22.7 Å². The van der Waals surface area contributed by atoms with Gasteiger partial charge in [-0.2, -0.15) is 0 Å². The number of hydrogen-bond donors (Lipinski definition) is 1. The van der Waals surface area contributed by atoms with Crippen molar-refractivity contribution in [2.24, 2.45) is 0 Å². The molecule has 0 aliphatic rings. The monoisotopic (exact) mass is 543 g/mol. The Hall–Kier alpha value is -2.49. The molecule has 11 heteroatoms. The van der Waals surface area contributed by atoms with E-state index >= 15 is 0 Å². The summed E-state index contributed by atoms with van der Waals surface area (Å²) >= 11 is 12.2. The summed E-state index contributed by atoms with van der Waals surface area (Å²) in [6.07, 6.45) is 2.07. The molecule has 192 valence electrons. The second-order valence-corrected chi connectivity index (χ2v) is 10.7. The van der Waals surface area contributed by atoms with Gasteiger partial charge in [-0.15, -0.1) is 0 Å². The minimum absolute atomic E-state index is 0.0834. The van der Waals surface area contributed by atoms with Crippen LogP contribution in [0.4, 0.5) is 5.69 Å². The molecule has 0 heterocycles. The van der Waals surface area contributed by atoms with Gasteiger partial charge in [-0.3, -0.25) is 13.9 Å². The maximum atomic E-state index is 13.6. The molecule has 0 aromatic heterocycles. The first-order valence-corrected chi connectivity index (χ1v) is 13.7. The van der Waals surface area contributed by atoms with Gasteiger partial charge in [0.2, 0.25) is 21.8 Å². The number of benzene rings is 2. The van der Waals surface area contributed by atoms with E-state index in [2.05, 4.69) is 5.32 Å². The SMILES string of the molecule is CCCNC(=O)[C@H](CC)N(Cc1cccc(OC)c1)C(=O)CN(c1ccc(Cl)cc1Cl)S(C)(=O)=O. The van der Waals surface area contributed by atoms with E-state index in [1.807, 2.05) is 13.0 Å². The quantitative estimate of drug-likeness (QED) is 0.434. The summed E-state index contributed by atoms with van der Waals surface area (Å²) in [7, 11) is -2.36. The Balaban J connectivity index is 2.47. The third-order valence-corrected chi connectivity index (χ3v) is 6.94. The van der Waals surface area contributed by atoms with E-state index in [0.29, 0.717) is 23.7 Å². The average molecular weight is 545 g/mol. The zero-order chi connectivity index (χ0) is 26.2. The number of amides is 2. The summed E-state index contributed by atoms with van der Waals surface area (Å²) in [6.45, 7) is 3.74. The van der Waals surface area contributed by atoms with Gasteiger partial charge in [-0.25, -0.2) is 8.42 Å². The largest absolute Gasteiger partial charge is 0.497 e. The van der Waals surface area contributed by atoms with Crippen LogP contribution in [0.1, 0.15) is 32.3 Å². The van der Waals surface area contributed by atoms with Gasteiger partial charge in [0.15, 0.2) is 0 Å². The number of nitrogens with zero attached hydrogens (tertiary/aromatic N) is 2. The van der Waals surface area contributed by atoms with Crippen molar-refractivity contribution in [2.45, 2.75) is 39.3 Å². The number of anilines is 1. The maximum Gasteiger partial charge on any atom is 0.244 e. The first-order chi connectivity index (χ1) is 16.5. The highest BCUT2D eigenvalue weighted by Gasteiger charge is 2.32. The lowest BCUT2D eigenvalue weighted by Gasteiger charge is -2.33. The molecule has 1 N–H and O–H groups in total. The van der Waals surface area contributed by atoms with E-state index in [1.54, 1.807) is 25.1 Å². The molecule has 0 unspecified atom stereocenters. The van der Waals surface area contributed by atoms with Crippen LogP contribution in [-0.4, -0.2) is 57.6 Å². The molecular formula is C24H31Cl2N3O5S. The second-order valence-electron chi connectivity index (χ2n) is 7.95. The van der Waals surface area contributed by atoms with Crippen molar-refractivity contribution in [3.05, 3.63) is 58.1 Å². The Bertz CT molecular complexity index is 1140. The number of nitrogens with one attached hydrogen (secondary N) is 1. The van der Waals surface area contributed by atoms with Gasteiger partial charge in [0.1, 0.15) is 18.3 Å². The van der Waals surface area contributed by atoms with Crippen molar-refractivity contribution >= 4 is 50.7 Å². The van der Waals surface area contributed by atoms with E-state index in [0.717, 1.165) is 22.5 Å². The summed E-state index contributed by atoms with van der Waals surface area (Å²) in [5.74, 6) is -0.257.